The number of hydrogen-bond donors (Lipinski definition) is 1. The van der Waals surface area contributed by atoms with Gasteiger partial charge in [-0.15, -0.1) is 0 Å². The lowest BCUT2D eigenvalue weighted by Crippen LogP contribution is -2.13. The molecule has 2 aromatic rings. The summed E-state index contributed by atoms with van der Waals surface area (Å²) < 4.78 is 43.5. The van der Waals surface area contributed by atoms with Gasteiger partial charge in [0.2, 0.25) is 0 Å². The molecule has 0 spiro atoms. The summed E-state index contributed by atoms with van der Waals surface area (Å²) in [6.45, 7) is 5.18. The monoisotopic (exact) mass is 297 g/mol. The van der Waals surface area contributed by atoms with E-state index in [1.807, 2.05) is 0 Å². The van der Waals surface area contributed by atoms with Crippen molar-refractivity contribution < 1.29 is 17.6 Å². The van der Waals surface area contributed by atoms with Crippen molar-refractivity contribution in [2.75, 3.05) is 6.54 Å². The number of alkyl halides is 3. The third-order valence-corrected chi connectivity index (χ3v) is 3.30. The number of aryl methyl sites for hydroxylation is 1. The molecule has 2 nitrogen and oxygen atoms in total. The van der Waals surface area contributed by atoms with Gasteiger partial charge in [0, 0.05) is 5.56 Å². The van der Waals surface area contributed by atoms with E-state index in [2.05, 4.69) is 12.2 Å². The minimum atomic E-state index is -4.31. The molecule has 0 aliphatic heterocycles. The van der Waals surface area contributed by atoms with Crippen LogP contribution in [0.4, 0.5) is 13.2 Å². The highest BCUT2D eigenvalue weighted by atomic mass is 19.4. The van der Waals surface area contributed by atoms with Crippen molar-refractivity contribution in [3.8, 4) is 11.1 Å². The third kappa shape index (κ3) is 3.67. The zero-order chi connectivity index (χ0) is 15.5. The van der Waals surface area contributed by atoms with E-state index in [4.69, 9.17) is 4.42 Å². The molecule has 21 heavy (non-hydrogen) atoms. The number of halogens is 3. The molecule has 0 fully saturated rings. The van der Waals surface area contributed by atoms with Gasteiger partial charge in [-0.25, -0.2) is 0 Å². The summed E-state index contributed by atoms with van der Waals surface area (Å²) in [5, 5.41) is 3.23. The smallest absolute Gasteiger partial charge is 0.416 e. The van der Waals surface area contributed by atoms with Crippen molar-refractivity contribution in [1.29, 1.82) is 0 Å². The molecule has 1 aromatic heterocycles. The molecular weight excluding hydrogens is 279 g/mol. The molecule has 1 heterocycles. The number of benzene rings is 1. The molecule has 2 rings (SSSR count). The van der Waals surface area contributed by atoms with Gasteiger partial charge in [0.25, 0.3) is 0 Å². The summed E-state index contributed by atoms with van der Waals surface area (Å²) in [4.78, 5) is 0. The molecule has 0 aliphatic rings. The van der Waals surface area contributed by atoms with E-state index in [0.29, 0.717) is 12.1 Å². The highest BCUT2D eigenvalue weighted by Crippen LogP contribution is 2.34. The lowest BCUT2D eigenvalue weighted by Gasteiger charge is -2.11. The molecule has 0 aliphatic carbocycles. The fraction of sp³-hybridized carbons (Fsp3) is 0.375. The highest BCUT2D eigenvalue weighted by Gasteiger charge is 2.30. The van der Waals surface area contributed by atoms with Gasteiger partial charge < -0.3 is 9.73 Å². The topological polar surface area (TPSA) is 25.2 Å². The van der Waals surface area contributed by atoms with Gasteiger partial charge in [0.05, 0.1) is 18.4 Å². The van der Waals surface area contributed by atoms with E-state index in [1.165, 1.54) is 12.1 Å². The summed E-state index contributed by atoms with van der Waals surface area (Å²) in [6.07, 6.45) is -1.74. The van der Waals surface area contributed by atoms with Crippen molar-refractivity contribution >= 4 is 0 Å². The first kappa shape index (κ1) is 15.6. The molecule has 114 valence electrons. The van der Waals surface area contributed by atoms with Crippen molar-refractivity contribution in [3.63, 3.8) is 0 Å². The number of furan rings is 1. The third-order valence-electron chi connectivity index (χ3n) is 3.30. The van der Waals surface area contributed by atoms with E-state index >= 15 is 0 Å². The summed E-state index contributed by atoms with van der Waals surface area (Å²) in [7, 11) is 0. The zero-order valence-corrected chi connectivity index (χ0v) is 12.1. The Morgan fingerprint density at radius 2 is 1.90 bits per heavy atom. The summed E-state index contributed by atoms with van der Waals surface area (Å²) in [5.41, 5.74) is 1.57. The van der Waals surface area contributed by atoms with Crippen LogP contribution in [0.1, 0.15) is 30.2 Å². The van der Waals surface area contributed by atoms with Gasteiger partial charge in [-0.2, -0.15) is 13.2 Å². The van der Waals surface area contributed by atoms with Gasteiger partial charge in [-0.05, 0) is 49.2 Å². The van der Waals surface area contributed by atoms with Crippen LogP contribution in [0.25, 0.3) is 11.1 Å². The van der Waals surface area contributed by atoms with Crippen LogP contribution in [0.3, 0.4) is 0 Å². The van der Waals surface area contributed by atoms with Gasteiger partial charge in [0.1, 0.15) is 5.76 Å². The highest BCUT2D eigenvalue weighted by molar-refractivity contribution is 5.69. The Bertz CT molecular complexity index is 602. The van der Waals surface area contributed by atoms with Gasteiger partial charge in [-0.1, -0.05) is 13.0 Å². The minimum absolute atomic E-state index is 0.566. The fourth-order valence-electron chi connectivity index (χ4n) is 2.24. The van der Waals surface area contributed by atoms with Crippen molar-refractivity contribution in [2.45, 2.75) is 33.0 Å². The average molecular weight is 297 g/mol. The Labute approximate surface area is 122 Å². The van der Waals surface area contributed by atoms with Crippen molar-refractivity contribution in [2.24, 2.45) is 0 Å². The Hall–Kier alpha value is -1.75. The fourth-order valence-corrected chi connectivity index (χ4v) is 2.24. The largest absolute Gasteiger partial charge is 0.467 e. The van der Waals surface area contributed by atoms with Gasteiger partial charge in [-0.3, -0.25) is 0 Å². The maximum atomic E-state index is 12.7. The lowest BCUT2D eigenvalue weighted by atomic mass is 9.98. The molecule has 0 unspecified atom stereocenters. The Morgan fingerprint density at radius 1 is 1.14 bits per heavy atom. The lowest BCUT2D eigenvalue weighted by molar-refractivity contribution is -0.137. The SMILES string of the molecule is CCCNCc1occc1-c1ccc(C(F)(F)F)cc1C. The first-order valence-corrected chi connectivity index (χ1v) is 6.88. The van der Waals surface area contributed by atoms with E-state index in [-0.39, 0.29) is 0 Å². The predicted octanol–water partition coefficient (Wildman–Crippen LogP) is 4.77. The van der Waals surface area contributed by atoms with E-state index in [1.54, 1.807) is 19.3 Å². The number of hydrogen-bond acceptors (Lipinski definition) is 2. The van der Waals surface area contributed by atoms with Crippen LogP contribution >= 0.6 is 0 Å². The maximum absolute atomic E-state index is 12.7. The molecule has 0 atom stereocenters. The first-order valence-electron chi connectivity index (χ1n) is 6.88. The Morgan fingerprint density at radius 3 is 2.52 bits per heavy atom. The second-order valence-corrected chi connectivity index (χ2v) is 4.96. The van der Waals surface area contributed by atoms with Gasteiger partial charge in [0.15, 0.2) is 0 Å². The van der Waals surface area contributed by atoms with Crippen LogP contribution in [0.5, 0.6) is 0 Å². The first-order chi connectivity index (χ1) is 9.93. The average Bonchev–Trinajstić information content (AvgIpc) is 2.86. The van der Waals surface area contributed by atoms with Crippen LogP contribution in [-0.2, 0) is 12.7 Å². The summed E-state index contributed by atoms with van der Waals surface area (Å²) in [6, 6.07) is 5.58. The van der Waals surface area contributed by atoms with Crippen LogP contribution < -0.4 is 5.32 Å². The standard InChI is InChI=1S/C16H18F3NO/c1-3-7-20-10-15-14(6-8-21-15)13-5-4-12(9-11(13)2)16(17,18)19/h4-6,8-9,20H,3,7,10H2,1-2H3. The molecule has 1 N–H and O–H groups in total. The quantitative estimate of drug-likeness (QED) is 0.804. The Kier molecular flexibility index (Phi) is 4.73. The van der Waals surface area contributed by atoms with Crippen molar-refractivity contribution in [3.05, 3.63) is 47.4 Å². The summed E-state index contributed by atoms with van der Waals surface area (Å²) in [5.74, 6) is 0.742. The Balaban J connectivity index is 2.29. The molecule has 0 amide bonds. The molecule has 5 heteroatoms. The predicted molar refractivity (Wildman–Crippen MR) is 75.9 cm³/mol. The van der Waals surface area contributed by atoms with Crippen LogP contribution in [0.15, 0.2) is 34.9 Å². The molecule has 0 radical (unpaired) electrons. The maximum Gasteiger partial charge on any atom is 0.416 e. The number of rotatable bonds is 5. The minimum Gasteiger partial charge on any atom is -0.467 e. The normalized spacial score (nSPS) is 11.9. The molecule has 0 saturated carbocycles. The van der Waals surface area contributed by atoms with Crippen molar-refractivity contribution in [1.82, 2.24) is 5.32 Å². The van der Waals surface area contributed by atoms with E-state index in [9.17, 15) is 13.2 Å². The zero-order valence-electron chi connectivity index (χ0n) is 12.1. The summed E-state index contributed by atoms with van der Waals surface area (Å²) >= 11 is 0. The molecule has 1 aromatic carbocycles. The molecule has 0 bridgehead atoms. The molecular formula is C16H18F3NO. The number of nitrogens with one attached hydrogen (secondary N) is 1. The van der Waals surface area contributed by atoms with Crippen LogP contribution in [0, 0.1) is 6.92 Å². The second kappa shape index (κ2) is 6.35. The second-order valence-electron chi connectivity index (χ2n) is 4.96. The van der Waals surface area contributed by atoms with E-state index in [0.717, 1.165) is 35.9 Å². The van der Waals surface area contributed by atoms with Gasteiger partial charge >= 0.3 is 6.18 Å². The molecule has 0 saturated heterocycles. The van der Waals surface area contributed by atoms with Crippen LogP contribution in [-0.4, -0.2) is 6.54 Å². The van der Waals surface area contributed by atoms with E-state index < -0.39 is 11.7 Å². The van der Waals surface area contributed by atoms with Crippen LogP contribution in [0.2, 0.25) is 0 Å².